The van der Waals surface area contributed by atoms with E-state index in [-0.39, 0.29) is 0 Å². The molecule has 2 fully saturated rings. The van der Waals surface area contributed by atoms with Gasteiger partial charge in [0, 0.05) is 52.4 Å². The lowest BCUT2D eigenvalue weighted by Gasteiger charge is -2.35. The maximum atomic E-state index is 5.66. The molecule has 0 spiro atoms. The van der Waals surface area contributed by atoms with Gasteiger partial charge in [0.05, 0.1) is 18.5 Å². The lowest BCUT2D eigenvalue weighted by molar-refractivity contribution is 0.278. The van der Waals surface area contributed by atoms with E-state index in [1.54, 1.807) is 7.11 Å². The van der Waals surface area contributed by atoms with E-state index in [9.17, 15) is 0 Å². The van der Waals surface area contributed by atoms with Crippen molar-refractivity contribution in [3.05, 3.63) is 54.1 Å². The SMILES string of the molecule is COc1ccc(NN2CCCN(CCc3ccccc3)CC2)cc1N1CCN(C)CC1. The van der Waals surface area contributed by atoms with Crippen LogP contribution in [0.3, 0.4) is 0 Å². The van der Waals surface area contributed by atoms with Gasteiger partial charge in [-0.1, -0.05) is 30.3 Å². The number of rotatable bonds is 7. The molecule has 0 atom stereocenters. The minimum Gasteiger partial charge on any atom is -0.495 e. The van der Waals surface area contributed by atoms with Crippen molar-refractivity contribution >= 4 is 11.4 Å². The van der Waals surface area contributed by atoms with E-state index in [2.05, 4.69) is 80.7 Å². The third-order valence-electron chi connectivity index (χ3n) is 6.46. The third kappa shape index (κ3) is 6.12. The molecule has 0 saturated carbocycles. The Morgan fingerprint density at radius 1 is 0.871 bits per heavy atom. The number of methoxy groups -OCH3 is 1. The standard InChI is InChI=1S/C25H37N5O/c1-27-15-18-29(19-16-27)24-21-23(9-10-25(24)31-2)26-30-13-6-12-28(17-20-30)14-11-22-7-4-3-5-8-22/h3-5,7-10,21,26H,6,11-20H2,1-2H3. The number of likely N-dealkylation sites (N-methyl/N-ethyl adjacent to an activating group) is 1. The topological polar surface area (TPSA) is 34.2 Å². The van der Waals surface area contributed by atoms with E-state index in [1.165, 1.54) is 24.2 Å². The Morgan fingerprint density at radius 3 is 2.45 bits per heavy atom. The average molecular weight is 424 g/mol. The fourth-order valence-electron chi connectivity index (χ4n) is 4.47. The van der Waals surface area contributed by atoms with Crippen LogP contribution in [0.1, 0.15) is 12.0 Å². The van der Waals surface area contributed by atoms with E-state index < -0.39 is 0 Å². The van der Waals surface area contributed by atoms with Crippen molar-refractivity contribution in [3.8, 4) is 5.75 Å². The van der Waals surface area contributed by atoms with Crippen LogP contribution >= 0.6 is 0 Å². The number of hydrogen-bond donors (Lipinski definition) is 1. The first-order valence-electron chi connectivity index (χ1n) is 11.6. The molecule has 2 saturated heterocycles. The fourth-order valence-corrected chi connectivity index (χ4v) is 4.47. The van der Waals surface area contributed by atoms with Crippen LogP contribution in [0.5, 0.6) is 5.75 Å². The first kappa shape index (κ1) is 21.9. The van der Waals surface area contributed by atoms with Gasteiger partial charge in [-0.05, 0) is 50.2 Å². The van der Waals surface area contributed by atoms with E-state index in [1.807, 2.05) is 0 Å². The van der Waals surface area contributed by atoms with Crippen molar-refractivity contribution < 1.29 is 4.74 Å². The predicted molar refractivity (Wildman–Crippen MR) is 129 cm³/mol. The summed E-state index contributed by atoms with van der Waals surface area (Å²) in [5.41, 5.74) is 7.44. The van der Waals surface area contributed by atoms with Gasteiger partial charge < -0.3 is 24.9 Å². The minimum absolute atomic E-state index is 0.957. The Kier molecular flexibility index (Phi) is 7.67. The van der Waals surface area contributed by atoms with Gasteiger partial charge in [-0.15, -0.1) is 0 Å². The Labute approximate surface area is 187 Å². The number of ether oxygens (including phenoxy) is 1. The predicted octanol–water partition coefficient (Wildman–Crippen LogP) is 3.02. The summed E-state index contributed by atoms with van der Waals surface area (Å²) >= 11 is 0. The average Bonchev–Trinajstić information content (AvgIpc) is 3.04. The van der Waals surface area contributed by atoms with Crippen LogP contribution in [0.25, 0.3) is 0 Å². The van der Waals surface area contributed by atoms with Crippen LogP contribution in [0.4, 0.5) is 11.4 Å². The molecule has 2 aliphatic rings. The first-order chi connectivity index (χ1) is 15.2. The molecule has 168 valence electrons. The number of piperazine rings is 1. The Morgan fingerprint density at radius 2 is 1.68 bits per heavy atom. The van der Waals surface area contributed by atoms with Gasteiger partial charge in [0.1, 0.15) is 5.75 Å². The minimum atomic E-state index is 0.957. The number of nitrogens with one attached hydrogen (secondary N) is 1. The lowest BCUT2D eigenvalue weighted by atomic mass is 10.1. The number of nitrogens with zero attached hydrogens (tertiary/aromatic N) is 4. The molecule has 0 aromatic heterocycles. The molecule has 31 heavy (non-hydrogen) atoms. The molecule has 4 rings (SSSR count). The van der Waals surface area contributed by atoms with Gasteiger partial charge in [0.25, 0.3) is 0 Å². The molecule has 2 aromatic rings. The molecule has 2 aliphatic heterocycles. The molecule has 2 aromatic carbocycles. The molecule has 0 radical (unpaired) electrons. The Balaban J connectivity index is 1.33. The van der Waals surface area contributed by atoms with Crippen molar-refractivity contribution in [2.75, 3.05) is 83.4 Å². The van der Waals surface area contributed by atoms with Gasteiger partial charge in [0.15, 0.2) is 0 Å². The second kappa shape index (κ2) is 10.8. The highest BCUT2D eigenvalue weighted by Crippen LogP contribution is 2.32. The van der Waals surface area contributed by atoms with Gasteiger partial charge >= 0.3 is 0 Å². The van der Waals surface area contributed by atoms with E-state index in [4.69, 9.17) is 4.74 Å². The number of anilines is 2. The zero-order valence-corrected chi connectivity index (χ0v) is 19.1. The van der Waals surface area contributed by atoms with Crippen molar-refractivity contribution in [2.45, 2.75) is 12.8 Å². The highest BCUT2D eigenvalue weighted by Gasteiger charge is 2.19. The van der Waals surface area contributed by atoms with Crippen molar-refractivity contribution in [2.24, 2.45) is 0 Å². The lowest BCUT2D eigenvalue weighted by Crippen LogP contribution is -2.44. The quantitative estimate of drug-likeness (QED) is 0.737. The molecule has 0 aliphatic carbocycles. The second-order valence-corrected chi connectivity index (χ2v) is 8.71. The summed E-state index contributed by atoms with van der Waals surface area (Å²) in [4.78, 5) is 7.42. The van der Waals surface area contributed by atoms with Crippen LogP contribution in [0.15, 0.2) is 48.5 Å². The Bertz CT molecular complexity index is 807. The second-order valence-electron chi connectivity index (χ2n) is 8.71. The maximum Gasteiger partial charge on any atom is 0.142 e. The largest absolute Gasteiger partial charge is 0.495 e. The summed E-state index contributed by atoms with van der Waals surface area (Å²) < 4.78 is 5.66. The smallest absolute Gasteiger partial charge is 0.142 e. The van der Waals surface area contributed by atoms with Crippen LogP contribution < -0.4 is 15.1 Å². The summed E-state index contributed by atoms with van der Waals surface area (Å²) in [7, 11) is 3.95. The number of benzene rings is 2. The van der Waals surface area contributed by atoms with Gasteiger partial charge in [-0.2, -0.15) is 0 Å². The summed E-state index contributed by atoms with van der Waals surface area (Å²) in [6.45, 7) is 9.75. The molecule has 6 heteroatoms. The Hall–Kier alpha value is -2.28. The fraction of sp³-hybridized carbons (Fsp3) is 0.520. The third-order valence-corrected chi connectivity index (χ3v) is 6.46. The van der Waals surface area contributed by atoms with Crippen LogP contribution in [0, 0.1) is 0 Å². The maximum absolute atomic E-state index is 5.66. The van der Waals surface area contributed by atoms with E-state index >= 15 is 0 Å². The zero-order chi connectivity index (χ0) is 21.5. The van der Waals surface area contributed by atoms with E-state index in [0.29, 0.717) is 0 Å². The normalized spacial score (nSPS) is 19.2. The van der Waals surface area contributed by atoms with Gasteiger partial charge in [-0.3, -0.25) is 0 Å². The van der Waals surface area contributed by atoms with Crippen LogP contribution in [0.2, 0.25) is 0 Å². The molecule has 1 N–H and O–H groups in total. The van der Waals surface area contributed by atoms with Crippen molar-refractivity contribution in [1.82, 2.24) is 14.8 Å². The van der Waals surface area contributed by atoms with E-state index in [0.717, 1.165) is 70.2 Å². The monoisotopic (exact) mass is 423 g/mol. The summed E-state index contributed by atoms with van der Waals surface area (Å²) in [5.74, 6) is 0.957. The molecular formula is C25H37N5O. The number of hydrogen-bond acceptors (Lipinski definition) is 6. The van der Waals surface area contributed by atoms with Gasteiger partial charge in [-0.25, -0.2) is 5.01 Å². The molecule has 2 heterocycles. The summed E-state index contributed by atoms with van der Waals surface area (Å²) in [6.07, 6.45) is 2.31. The highest BCUT2D eigenvalue weighted by molar-refractivity contribution is 5.66. The molecule has 0 amide bonds. The molecule has 0 bridgehead atoms. The first-order valence-corrected chi connectivity index (χ1v) is 11.6. The summed E-state index contributed by atoms with van der Waals surface area (Å²) in [5, 5.41) is 2.37. The van der Waals surface area contributed by atoms with Crippen molar-refractivity contribution in [1.29, 1.82) is 0 Å². The molecular weight excluding hydrogens is 386 g/mol. The summed E-state index contributed by atoms with van der Waals surface area (Å²) in [6, 6.07) is 17.3. The highest BCUT2D eigenvalue weighted by atomic mass is 16.5. The van der Waals surface area contributed by atoms with Crippen LogP contribution in [-0.4, -0.2) is 87.9 Å². The van der Waals surface area contributed by atoms with Crippen molar-refractivity contribution in [3.63, 3.8) is 0 Å². The number of hydrazine groups is 1. The van der Waals surface area contributed by atoms with Gasteiger partial charge in [0.2, 0.25) is 0 Å². The molecule has 6 nitrogen and oxygen atoms in total. The molecule has 0 unspecified atom stereocenters. The zero-order valence-electron chi connectivity index (χ0n) is 19.1. The van der Waals surface area contributed by atoms with Crippen LogP contribution in [-0.2, 0) is 6.42 Å².